The lowest BCUT2D eigenvalue weighted by Crippen LogP contribution is -2.46. The molecule has 1 aliphatic rings. The van der Waals surface area contributed by atoms with Gasteiger partial charge in [-0.05, 0) is 42.5 Å². The van der Waals surface area contributed by atoms with Crippen molar-refractivity contribution in [3.8, 4) is 0 Å². The third-order valence-electron chi connectivity index (χ3n) is 4.97. The van der Waals surface area contributed by atoms with E-state index in [0.29, 0.717) is 13.0 Å². The van der Waals surface area contributed by atoms with E-state index in [-0.39, 0.29) is 29.3 Å². The summed E-state index contributed by atoms with van der Waals surface area (Å²) in [6.45, 7) is 2.33. The van der Waals surface area contributed by atoms with Crippen molar-refractivity contribution in [1.29, 1.82) is 0 Å². The van der Waals surface area contributed by atoms with Gasteiger partial charge in [0.15, 0.2) is 0 Å². The number of amides is 2. The molecular formula is C20H21F3N4O2. The predicted molar refractivity (Wildman–Crippen MR) is 101 cm³/mol. The maximum Gasteiger partial charge on any atom is 0.313 e. The highest BCUT2D eigenvalue weighted by atomic mass is 19.3. The molecule has 6 nitrogen and oxygen atoms in total. The molecule has 1 aromatic heterocycles. The molecule has 1 saturated heterocycles. The quantitative estimate of drug-likeness (QED) is 0.761. The molecule has 0 radical (unpaired) electrons. The van der Waals surface area contributed by atoms with Crippen LogP contribution in [0.15, 0.2) is 36.5 Å². The molecule has 3 rings (SSSR count). The summed E-state index contributed by atoms with van der Waals surface area (Å²) in [4.78, 5) is 30.4. The summed E-state index contributed by atoms with van der Waals surface area (Å²) in [7, 11) is 0. The third-order valence-corrected chi connectivity index (χ3v) is 4.97. The molecule has 1 aliphatic heterocycles. The number of alkyl halides is 2. The summed E-state index contributed by atoms with van der Waals surface area (Å²) in [5.74, 6) is -2.30. The van der Waals surface area contributed by atoms with E-state index in [1.54, 1.807) is 12.1 Å². The maximum atomic E-state index is 13.2. The summed E-state index contributed by atoms with van der Waals surface area (Å²) in [6.07, 6.45) is -0.263. The van der Waals surface area contributed by atoms with Crippen molar-refractivity contribution in [2.45, 2.75) is 32.2 Å². The molecule has 0 bridgehead atoms. The number of nitrogen functional groups attached to an aromatic ring is 1. The molecular weight excluding hydrogens is 385 g/mol. The zero-order valence-electron chi connectivity index (χ0n) is 15.7. The summed E-state index contributed by atoms with van der Waals surface area (Å²) in [6, 6.07) is 6.42. The monoisotopic (exact) mass is 406 g/mol. The Kier molecular flexibility index (Phi) is 6.05. The largest absolute Gasteiger partial charge is 0.383 e. The van der Waals surface area contributed by atoms with Gasteiger partial charge in [-0.15, -0.1) is 0 Å². The number of carbonyl (C=O) groups excluding carboxylic acids is 2. The lowest BCUT2D eigenvalue weighted by molar-refractivity contribution is -0.146. The minimum Gasteiger partial charge on any atom is -0.383 e. The lowest BCUT2D eigenvalue weighted by Gasteiger charge is -2.38. The summed E-state index contributed by atoms with van der Waals surface area (Å²) < 4.78 is 39.2. The van der Waals surface area contributed by atoms with Crippen LogP contribution in [0.2, 0.25) is 0 Å². The molecule has 1 aromatic carbocycles. The van der Waals surface area contributed by atoms with Crippen LogP contribution in [0.4, 0.5) is 24.7 Å². The van der Waals surface area contributed by atoms with Gasteiger partial charge < -0.3 is 16.0 Å². The van der Waals surface area contributed by atoms with Crippen LogP contribution >= 0.6 is 0 Å². The summed E-state index contributed by atoms with van der Waals surface area (Å²) in [5, 5.41) is 2.32. The van der Waals surface area contributed by atoms with Crippen LogP contribution in [0.5, 0.6) is 0 Å². The van der Waals surface area contributed by atoms with Crippen molar-refractivity contribution in [2.75, 3.05) is 17.6 Å². The molecule has 2 aromatic rings. The number of piperidine rings is 1. The van der Waals surface area contributed by atoms with Gasteiger partial charge >= 0.3 is 11.8 Å². The number of hydrogen-bond donors (Lipinski definition) is 2. The number of nitrogens with one attached hydrogen (secondary N) is 1. The molecule has 0 aliphatic carbocycles. The minimum atomic E-state index is -2.86. The van der Waals surface area contributed by atoms with Gasteiger partial charge in [-0.2, -0.15) is 0 Å². The molecule has 2 atom stereocenters. The second-order valence-electron chi connectivity index (χ2n) is 7.16. The Labute approximate surface area is 165 Å². The van der Waals surface area contributed by atoms with Crippen LogP contribution in [0.1, 0.15) is 43.4 Å². The summed E-state index contributed by atoms with van der Waals surface area (Å²) in [5.41, 5.74) is 5.56. The first-order valence-corrected chi connectivity index (χ1v) is 9.17. The van der Waals surface area contributed by atoms with Gasteiger partial charge in [0.25, 0.3) is 6.43 Å². The zero-order chi connectivity index (χ0) is 21.1. The molecule has 29 heavy (non-hydrogen) atoms. The van der Waals surface area contributed by atoms with Crippen LogP contribution in [0.3, 0.4) is 0 Å². The van der Waals surface area contributed by atoms with Crippen molar-refractivity contribution in [2.24, 2.45) is 5.92 Å². The van der Waals surface area contributed by atoms with E-state index in [4.69, 9.17) is 5.73 Å². The summed E-state index contributed by atoms with van der Waals surface area (Å²) >= 11 is 0. The Bertz CT molecular complexity index is 905. The first-order valence-electron chi connectivity index (χ1n) is 9.17. The molecule has 0 spiro atoms. The normalized spacial score (nSPS) is 19.3. The van der Waals surface area contributed by atoms with Crippen molar-refractivity contribution in [3.63, 3.8) is 0 Å². The van der Waals surface area contributed by atoms with Gasteiger partial charge in [0.2, 0.25) is 0 Å². The fourth-order valence-electron chi connectivity index (χ4n) is 3.46. The smallest absolute Gasteiger partial charge is 0.313 e. The van der Waals surface area contributed by atoms with Gasteiger partial charge in [-0.1, -0.05) is 19.1 Å². The van der Waals surface area contributed by atoms with Crippen molar-refractivity contribution in [3.05, 3.63) is 53.5 Å². The number of aromatic nitrogens is 1. The number of likely N-dealkylation sites (tertiary alicyclic amines) is 1. The van der Waals surface area contributed by atoms with Crippen LogP contribution in [0, 0.1) is 11.7 Å². The molecule has 2 unspecified atom stereocenters. The zero-order valence-corrected chi connectivity index (χ0v) is 15.7. The number of nitrogens with two attached hydrogens (primary N) is 1. The van der Waals surface area contributed by atoms with E-state index in [1.165, 1.54) is 17.0 Å². The van der Waals surface area contributed by atoms with E-state index < -0.39 is 23.8 Å². The number of nitrogens with zero attached hydrogens (tertiary/aromatic N) is 2. The number of anilines is 2. The molecule has 154 valence electrons. The molecule has 3 N–H and O–H groups in total. The van der Waals surface area contributed by atoms with Gasteiger partial charge in [-0.3, -0.25) is 9.59 Å². The van der Waals surface area contributed by atoms with E-state index in [1.807, 2.05) is 6.92 Å². The fraction of sp³-hybridized carbons (Fsp3) is 0.350. The number of rotatable bonds is 3. The van der Waals surface area contributed by atoms with Crippen LogP contribution < -0.4 is 11.1 Å². The van der Waals surface area contributed by atoms with Gasteiger partial charge in [-0.25, -0.2) is 18.2 Å². The second kappa shape index (κ2) is 8.50. The highest BCUT2D eigenvalue weighted by Gasteiger charge is 2.34. The number of halogens is 3. The van der Waals surface area contributed by atoms with Crippen molar-refractivity contribution < 1.29 is 22.8 Å². The standard InChI is InChI=1S/C20H21F3N4O2/c1-11-2-7-16(12-3-5-13(21)6-4-12)27(10-11)20(29)19(28)26-14-8-15(17(22)23)18(24)25-9-14/h3-6,8-9,11,16-17H,2,7,10H2,1H3,(H2,24,25)(H,26,28). The number of pyridine rings is 1. The minimum absolute atomic E-state index is 0.0451. The first kappa shape index (κ1) is 20.6. The van der Waals surface area contributed by atoms with E-state index in [9.17, 15) is 22.8 Å². The van der Waals surface area contributed by atoms with Crippen LogP contribution in [-0.4, -0.2) is 28.2 Å². The maximum absolute atomic E-state index is 13.2. The Balaban J connectivity index is 1.79. The Morgan fingerprint density at radius 1 is 1.24 bits per heavy atom. The lowest BCUT2D eigenvalue weighted by atomic mass is 9.90. The number of benzene rings is 1. The second-order valence-corrected chi connectivity index (χ2v) is 7.16. The highest BCUT2D eigenvalue weighted by Crippen LogP contribution is 2.33. The molecule has 2 amide bonds. The molecule has 9 heteroatoms. The van der Waals surface area contributed by atoms with Crippen LogP contribution in [0.25, 0.3) is 0 Å². The SMILES string of the molecule is CC1CCC(c2ccc(F)cc2)N(C(=O)C(=O)Nc2cnc(N)c(C(F)F)c2)C1. The number of carbonyl (C=O) groups is 2. The fourth-order valence-corrected chi connectivity index (χ4v) is 3.46. The predicted octanol–water partition coefficient (Wildman–Crippen LogP) is 3.68. The van der Waals surface area contributed by atoms with Gasteiger partial charge in [0.05, 0.1) is 23.5 Å². The van der Waals surface area contributed by atoms with Crippen molar-refractivity contribution >= 4 is 23.3 Å². The molecule has 1 fully saturated rings. The van der Waals surface area contributed by atoms with Crippen LogP contribution in [-0.2, 0) is 9.59 Å². The van der Waals surface area contributed by atoms with E-state index >= 15 is 0 Å². The highest BCUT2D eigenvalue weighted by molar-refractivity contribution is 6.39. The van der Waals surface area contributed by atoms with Gasteiger partial charge in [0, 0.05) is 6.54 Å². The Hall–Kier alpha value is -3.10. The average molecular weight is 406 g/mol. The Morgan fingerprint density at radius 3 is 2.59 bits per heavy atom. The Morgan fingerprint density at radius 2 is 1.93 bits per heavy atom. The van der Waals surface area contributed by atoms with Crippen molar-refractivity contribution in [1.82, 2.24) is 9.88 Å². The molecule has 0 saturated carbocycles. The first-order chi connectivity index (χ1) is 13.8. The number of hydrogen-bond acceptors (Lipinski definition) is 4. The third kappa shape index (κ3) is 4.67. The van der Waals surface area contributed by atoms with E-state index in [0.717, 1.165) is 24.2 Å². The van der Waals surface area contributed by atoms with Gasteiger partial charge in [0.1, 0.15) is 11.6 Å². The topological polar surface area (TPSA) is 88.3 Å². The van der Waals surface area contributed by atoms with E-state index in [2.05, 4.69) is 10.3 Å². The molecule has 2 heterocycles. The average Bonchev–Trinajstić information content (AvgIpc) is 2.69.